The second-order valence-electron chi connectivity index (χ2n) is 3.83. The molecule has 0 fully saturated rings. The summed E-state index contributed by atoms with van der Waals surface area (Å²) in [5.74, 6) is 1.39. The largest absolute Gasteiger partial charge is 0.493 e. The standard InChI is InChI=1S/C13H14N2O2S2/c1-8-12(13(14)18)19-11(15-8)7-17-10-6-4-3-5-9(10)16-2/h3-6H,7H2,1-2H3,(H2,14,18). The molecule has 0 bridgehead atoms. The number of thiocarbonyl (C=S) groups is 1. The van der Waals surface area contributed by atoms with Crippen LogP contribution in [0, 0.1) is 6.92 Å². The number of aryl methyl sites for hydroxylation is 1. The van der Waals surface area contributed by atoms with Crippen molar-refractivity contribution in [2.24, 2.45) is 5.73 Å². The number of hydrogen-bond acceptors (Lipinski definition) is 5. The van der Waals surface area contributed by atoms with Crippen LogP contribution in [-0.4, -0.2) is 17.1 Å². The summed E-state index contributed by atoms with van der Waals surface area (Å²) in [4.78, 5) is 5.60. The van der Waals surface area contributed by atoms with Gasteiger partial charge in [-0.15, -0.1) is 11.3 Å². The summed E-state index contributed by atoms with van der Waals surface area (Å²) in [5, 5.41) is 0.839. The lowest BCUT2D eigenvalue weighted by Crippen LogP contribution is -2.08. The van der Waals surface area contributed by atoms with E-state index in [9.17, 15) is 0 Å². The number of para-hydroxylation sites is 2. The maximum atomic E-state index is 5.70. The summed E-state index contributed by atoms with van der Waals surface area (Å²) >= 11 is 6.42. The first kappa shape index (κ1) is 13.8. The van der Waals surface area contributed by atoms with Crippen LogP contribution in [0.15, 0.2) is 24.3 Å². The molecule has 0 atom stereocenters. The smallest absolute Gasteiger partial charge is 0.161 e. The van der Waals surface area contributed by atoms with Gasteiger partial charge in [0, 0.05) is 0 Å². The lowest BCUT2D eigenvalue weighted by atomic mass is 10.3. The molecule has 19 heavy (non-hydrogen) atoms. The molecule has 2 aromatic rings. The number of thiazole rings is 1. The number of nitrogens with zero attached hydrogens (tertiary/aromatic N) is 1. The van der Waals surface area contributed by atoms with Gasteiger partial charge in [0.2, 0.25) is 0 Å². The van der Waals surface area contributed by atoms with E-state index in [-0.39, 0.29) is 0 Å². The fraction of sp³-hybridized carbons (Fsp3) is 0.231. The van der Waals surface area contributed by atoms with Crippen molar-refractivity contribution in [1.29, 1.82) is 0 Å². The Kier molecular flexibility index (Phi) is 4.34. The minimum atomic E-state index is 0.370. The van der Waals surface area contributed by atoms with Gasteiger partial charge in [-0.3, -0.25) is 0 Å². The molecule has 0 unspecified atom stereocenters. The molecule has 1 aromatic carbocycles. The van der Waals surface area contributed by atoms with E-state index in [0.717, 1.165) is 15.6 Å². The lowest BCUT2D eigenvalue weighted by Gasteiger charge is -2.08. The van der Waals surface area contributed by atoms with E-state index in [1.165, 1.54) is 11.3 Å². The van der Waals surface area contributed by atoms with E-state index in [1.54, 1.807) is 7.11 Å². The predicted molar refractivity (Wildman–Crippen MR) is 80.1 cm³/mol. The van der Waals surface area contributed by atoms with Crippen LogP contribution >= 0.6 is 23.6 Å². The van der Waals surface area contributed by atoms with E-state index < -0.39 is 0 Å². The van der Waals surface area contributed by atoms with Crippen molar-refractivity contribution >= 4 is 28.5 Å². The van der Waals surface area contributed by atoms with Crippen molar-refractivity contribution in [3.63, 3.8) is 0 Å². The Hall–Kier alpha value is -1.66. The monoisotopic (exact) mass is 294 g/mol. The van der Waals surface area contributed by atoms with Gasteiger partial charge in [0.05, 0.1) is 17.7 Å². The minimum Gasteiger partial charge on any atom is -0.493 e. The SMILES string of the molecule is COc1ccccc1OCc1nc(C)c(C(N)=S)s1. The van der Waals surface area contributed by atoms with Crippen molar-refractivity contribution < 1.29 is 9.47 Å². The molecule has 0 aliphatic rings. The summed E-state index contributed by atoms with van der Waals surface area (Å²) in [7, 11) is 1.61. The van der Waals surface area contributed by atoms with Crippen molar-refractivity contribution in [1.82, 2.24) is 4.98 Å². The molecule has 0 aliphatic heterocycles. The Labute approximate surface area is 121 Å². The zero-order valence-electron chi connectivity index (χ0n) is 10.7. The highest BCUT2D eigenvalue weighted by Crippen LogP contribution is 2.27. The van der Waals surface area contributed by atoms with Crippen molar-refractivity contribution in [2.75, 3.05) is 7.11 Å². The fourth-order valence-corrected chi connectivity index (χ4v) is 2.72. The highest BCUT2D eigenvalue weighted by Gasteiger charge is 2.11. The van der Waals surface area contributed by atoms with E-state index in [4.69, 9.17) is 27.4 Å². The Morgan fingerprint density at radius 2 is 2.05 bits per heavy atom. The van der Waals surface area contributed by atoms with Crippen LogP contribution < -0.4 is 15.2 Å². The van der Waals surface area contributed by atoms with Crippen LogP contribution in [0.25, 0.3) is 0 Å². The lowest BCUT2D eigenvalue weighted by molar-refractivity contribution is 0.284. The fourth-order valence-electron chi connectivity index (χ4n) is 1.62. The van der Waals surface area contributed by atoms with Gasteiger partial charge < -0.3 is 15.2 Å². The third kappa shape index (κ3) is 3.21. The highest BCUT2D eigenvalue weighted by molar-refractivity contribution is 7.81. The summed E-state index contributed by atoms with van der Waals surface area (Å²) in [6.45, 7) is 2.26. The molecule has 4 nitrogen and oxygen atoms in total. The topological polar surface area (TPSA) is 57.4 Å². The Morgan fingerprint density at radius 3 is 2.63 bits per heavy atom. The number of hydrogen-bond donors (Lipinski definition) is 1. The summed E-state index contributed by atoms with van der Waals surface area (Å²) < 4.78 is 10.9. The van der Waals surface area contributed by atoms with Crippen molar-refractivity contribution in [3.05, 3.63) is 39.8 Å². The third-order valence-electron chi connectivity index (χ3n) is 2.48. The molecular formula is C13H14N2O2S2. The summed E-state index contributed by atoms with van der Waals surface area (Å²) in [6.07, 6.45) is 0. The van der Waals surface area contributed by atoms with Gasteiger partial charge in [-0.1, -0.05) is 24.4 Å². The minimum absolute atomic E-state index is 0.370. The molecule has 2 rings (SSSR count). The first-order valence-corrected chi connectivity index (χ1v) is 6.86. The normalized spacial score (nSPS) is 10.2. The summed E-state index contributed by atoms with van der Waals surface area (Å²) in [5.41, 5.74) is 6.47. The predicted octanol–water partition coefficient (Wildman–Crippen LogP) is 2.67. The number of ether oxygens (including phenoxy) is 2. The maximum absolute atomic E-state index is 5.70. The van der Waals surface area contributed by atoms with Crippen molar-refractivity contribution in [3.8, 4) is 11.5 Å². The van der Waals surface area contributed by atoms with E-state index >= 15 is 0 Å². The van der Waals surface area contributed by atoms with E-state index in [2.05, 4.69) is 4.98 Å². The number of aromatic nitrogens is 1. The molecule has 0 spiro atoms. The van der Waals surface area contributed by atoms with Crippen molar-refractivity contribution in [2.45, 2.75) is 13.5 Å². The molecule has 0 radical (unpaired) electrons. The van der Waals surface area contributed by atoms with E-state index in [1.807, 2.05) is 31.2 Å². The number of nitrogens with two attached hydrogens (primary N) is 1. The summed E-state index contributed by atoms with van der Waals surface area (Å²) in [6, 6.07) is 7.49. The van der Waals surface area contributed by atoms with Crippen LogP contribution in [0.2, 0.25) is 0 Å². The van der Waals surface area contributed by atoms with Crippen LogP contribution in [0.5, 0.6) is 11.5 Å². The Morgan fingerprint density at radius 1 is 1.37 bits per heavy atom. The zero-order chi connectivity index (χ0) is 13.8. The first-order chi connectivity index (χ1) is 9.11. The molecule has 0 amide bonds. The quantitative estimate of drug-likeness (QED) is 0.859. The highest BCUT2D eigenvalue weighted by atomic mass is 32.1. The van der Waals surface area contributed by atoms with Crippen LogP contribution in [0.3, 0.4) is 0 Å². The van der Waals surface area contributed by atoms with Crippen LogP contribution in [0.1, 0.15) is 15.6 Å². The van der Waals surface area contributed by atoms with Gasteiger partial charge >= 0.3 is 0 Å². The number of benzene rings is 1. The molecule has 0 saturated heterocycles. The average molecular weight is 294 g/mol. The van der Waals surface area contributed by atoms with Gasteiger partial charge in [0.1, 0.15) is 16.6 Å². The molecular weight excluding hydrogens is 280 g/mol. The van der Waals surface area contributed by atoms with Gasteiger partial charge in [0.25, 0.3) is 0 Å². The molecule has 0 saturated carbocycles. The first-order valence-electron chi connectivity index (χ1n) is 5.63. The van der Waals surface area contributed by atoms with Crippen LogP contribution in [0.4, 0.5) is 0 Å². The zero-order valence-corrected chi connectivity index (χ0v) is 12.3. The third-order valence-corrected chi connectivity index (χ3v) is 3.98. The van der Waals surface area contributed by atoms with E-state index in [0.29, 0.717) is 23.1 Å². The molecule has 100 valence electrons. The maximum Gasteiger partial charge on any atom is 0.161 e. The molecule has 1 heterocycles. The number of rotatable bonds is 5. The molecule has 0 aliphatic carbocycles. The van der Waals surface area contributed by atoms with Crippen LogP contribution in [-0.2, 0) is 6.61 Å². The molecule has 2 N–H and O–H groups in total. The Bertz CT molecular complexity index is 596. The molecule has 1 aromatic heterocycles. The van der Waals surface area contributed by atoms with Gasteiger partial charge in [0.15, 0.2) is 11.5 Å². The van der Waals surface area contributed by atoms with Gasteiger partial charge in [-0.2, -0.15) is 0 Å². The van der Waals surface area contributed by atoms with Gasteiger partial charge in [-0.05, 0) is 19.1 Å². The molecule has 6 heteroatoms. The number of methoxy groups -OCH3 is 1. The second kappa shape index (κ2) is 5.99. The average Bonchev–Trinajstić information content (AvgIpc) is 2.78. The van der Waals surface area contributed by atoms with Gasteiger partial charge in [-0.25, -0.2) is 4.98 Å². The Balaban J connectivity index is 2.10. The second-order valence-corrected chi connectivity index (χ2v) is 5.35.